The summed E-state index contributed by atoms with van der Waals surface area (Å²) in [4.78, 5) is 0. The van der Waals surface area contributed by atoms with Gasteiger partial charge in [-0.3, -0.25) is 0 Å². The van der Waals surface area contributed by atoms with Crippen molar-refractivity contribution in [2.24, 2.45) is 0 Å². The second kappa shape index (κ2) is 9.16. The Morgan fingerprint density at radius 1 is 0.465 bits per heavy atom. The normalized spacial score (nSPS) is 15.6. The standard InChI is InChI=1S/C40H26NOP/c42-43(30-13-2-1-3-14-30)37-20-9-7-17-35(37)39-38(43)26-25-34-33-16-6-8-19-36(33)41(40(34)39)29-23-21-28(22-24-29)32-18-10-12-27-11-4-5-15-31(27)32/h1-26H. The van der Waals surface area contributed by atoms with E-state index in [0.717, 1.165) is 43.8 Å². The first-order valence-electron chi connectivity index (χ1n) is 14.6. The molecule has 1 atom stereocenters. The van der Waals surface area contributed by atoms with E-state index in [-0.39, 0.29) is 0 Å². The third-order valence-corrected chi connectivity index (χ3v) is 12.2. The second-order valence-corrected chi connectivity index (χ2v) is 13.9. The van der Waals surface area contributed by atoms with E-state index in [0.29, 0.717) is 0 Å². The predicted octanol–water partition coefficient (Wildman–Crippen LogP) is 9.22. The molecule has 0 aliphatic carbocycles. The Kier molecular flexibility index (Phi) is 5.21. The number of rotatable bonds is 3. The van der Waals surface area contributed by atoms with Gasteiger partial charge in [-0.2, -0.15) is 0 Å². The molecule has 2 nitrogen and oxygen atoms in total. The SMILES string of the molecule is O=P1(c2ccccc2)c2ccccc2-c2c1ccc1c3ccccc3n(-c3ccc(-c4cccc5ccccc45)cc3)c21. The summed E-state index contributed by atoms with van der Waals surface area (Å²) in [6, 6.07) is 55.1. The molecule has 0 N–H and O–H groups in total. The van der Waals surface area contributed by atoms with Gasteiger partial charge in [0.2, 0.25) is 0 Å². The van der Waals surface area contributed by atoms with Crippen LogP contribution in [-0.2, 0) is 4.57 Å². The van der Waals surface area contributed by atoms with Gasteiger partial charge in [0.1, 0.15) is 0 Å². The highest BCUT2D eigenvalue weighted by molar-refractivity contribution is 7.86. The molecule has 202 valence electrons. The maximum Gasteiger partial charge on any atom is 0.172 e. The Hall–Kier alpha value is -5.17. The maximum absolute atomic E-state index is 15.3. The zero-order chi connectivity index (χ0) is 28.5. The summed E-state index contributed by atoms with van der Waals surface area (Å²) in [6.07, 6.45) is 0. The van der Waals surface area contributed by atoms with Gasteiger partial charge in [-0.15, -0.1) is 0 Å². The van der Waals surface area contributed by atoms with E-state index in [1.165, 1.54) is 32.7 Å². The molecule has 0 bridgehead atoms. The van der Waals surface area contributed by atoms with Crippen LogP contribution in [0.1, 0.15) is 0 Å². The first-order chi connectivity index (χ1) is 21.2. The summed E-state index contributed by atoms with van der Waals surface area (Å²) >= 11 is 0. The van der Waals surface area contributed by atoms with Crippen molar-refractivity contribution in [3.8, 4) is 27.9 Å². The molecule has 0 saturated heterocycles. The minimum atomic E-state index is -3.05. The maximum atomic E-state index is 15.3. The van der Waals surface area contributed by atoms with Gasteiger partial charge in [0.05, 0.1) is 11.0 Å². The van der Waals surface area contributed by atoms with Crippen LogP contribution >= 0.6 is 7.14 Å². The highest BCUT2D eigenvalue weighted by atomic mass is 31.2. The molecule has 8 aromatic rings. The largest absolute Gasteiger partial charge is 0.309 e. The third kappa shape index (κ3) is 3.39. The summed E-state index contributed by atoms with van der Waals surface area (Å²) in [6.45, 7) is 0. The lowest BCUT2D eigenvalue weighted by atomic mass is 9.98. The van der Waals surface area contributed by atoms with Crippen molar-refractivity contribution in [3.05, 3.63) is 158 Å². The van der Waals surface area contributed by atoms with Crippen molar-refractivity contribution in [2.75, 3.05) is 0 Å². The van der Waals surface area contributed by atoms with Crippen LogP contribution in [0.25, 0.3) is 60.5 Å². The molecular formula is C40H26NOP. The summed E-state index contributed by atoms with van der Waals surface area (Å²) in [5.74, 6) is 0. The van der Waals surface area contributed by atoms with Gasteiger partial charge >= 0.3 is 0 Å². The Morgan fingerprint density at radius 2 is 1.14 bits per heavy atom. The average Bonchev–Trinajstić information content (AvgIpc) is 3.55. The summed E-state index contributed by atoms with van der Waals surface area (Å²) in [7, 11) is -3.05. The van der Waals surface area contributed by atoms with Gasteiger partial charge in [-0.1, -0.05) is 133 Å². The first kappa shape index (κ1) is 24.4. The highest BCUT2D eigenvalue weighted by Gasteiger charge is 2.41. The summed E-state index contributed by atoms with van der Waals surface area (Å²) < 4.78 is 17.6. The predicted molar refractivity (Wildman–Crippen MR) is 182 cm³/mol. The van der Waals surface area contributed by atoms with E-state index >= 15 is 4.57 Å². The van der Waals surface area contributed by atoms with Crippen LogP contribution in [0.4, 0.5) is 0 Å². The molecule has 0 fully saturated rings. The fourth-order valence-electron chi connectivity index (χ4n) is 7.12. The van der Waals surface area contributed by atoms with Crippen molar-refractivity contribution >= 4 is 55.6 Å². The van der Waals surface area contributed by atoms with Crippen LogP contribution in [0, 0.1) is 0 Å². The smallest absolute Gasteiger partial charge is 0.172 e. The average molecular weight is 568 g/mol. The molecule has 7 aromatic carbocycles. The van der Waals surface area contributed by atoms with Crippen molar-refractivity contribution in [1.82, 2.24) is 4.57 Å². The van der Waals surface area contributed by atoms with E-state index in [9.17, 15) is 0 Å². The van der Waals surface area contributed by atoms with Crippen molar-refractivity contribution in [2.45, 2.75) is 0 Å². The Balaban J connectivity index is 1.34. The Bertz CT molecular complexity index is 2410. The van der Waals surface area contributed by atoms with Gasteiger partial charge in [0.25, 0.3) is 0 Å². The van der Waals surface area contributed by atoms with Crippen molar-refractivity contribution < 1.29 is 4.57 Å². The van der Waals surface area contributed by atoms with Crippen LogP contribution < -0.4 is 15.9 Å². The second-order valence-electron chi connectivity index (χ2n) is 11.2. The van der Waals surface area contributed by atoms with Gasteiger partial charge < -0.3 is 9.13 Å². The Morgan fingerprint density at radius 3 is 2.00 bits per heavy atom. The van der Waals surface area contributed by atoms with Gasteiger partial charge in [0.15, 0.2) is 7.14 Å². The molecule has 0 radical (unpaired) electrons. The Labute approximate surface area is 249 Å². The zero-order valence-corrected chi connectivity index (χ0v) is 24.2. The van der Waals surface area contributed by atoms with Crippen LogP contribution in [0.5, 0.6) is 0 Å². The minimum absolute atomic E-state index is 0.877. The molecule has 1 aromatic heterocycles. The van der Waals surface area contributed by atoms with E-state index in [1.54, 1.807) is 0 Å². The van der Waals surface area contributed by atoms with E-state index < -0.39 is 7.14 Å². The molecular weight excluding hydrogens is 541 g/mol. The number of benzene rings is 7. The molecule has 0 saturated carbocycles. The number of hydrogen-bond acceptors (Lipinski definition) is 1. The van der Waals surface area contributed by atoms with Gasteiger partial charge in [-0.25, -0.2) is 0 Å². The molecule has 9 rings (SSSR count). The molecule has 0 amide bonds. The van der Waals surface area contributed by atoms with E-state index in [4.69, 9.17) is 0 Å². The number of nitrogens with zero attached hydrogens (tertiary/aromatic N) is 1. The number of para-hydroxylation sites is 1. The lowest BCUT2D eigenvalue weighted by Crippen LogP contribution is -2.20. The lowest BCUT2D eigenvalue weighted by Gasteiger charge is -2.16. The van der Waals surface area contributed by atoms with E-state index in [1.807, 2.05) is 36.4 Å². The van der Waals surface area contributed by atoms with Gasteiger partial charge in [0, 0.05) is 37.9 Å². The molecule has 1 aliphatic heterocycles. The molecule has 1 unspecified atom stereocenters. The summed E-state index contributed by atoms with van der Waals surface area (Å²) in [5.41, 5.74) is 7.89. The highest BCUT2D eigenvalue weighted by Crippen LogP contribution is 2.54. The molecule has 43 heavy (non-hydrogen) atoms. The summed E-state index contributed by atoms with van der Waals surface area (Å²) in [5, 5.41) is 7.57. The quantitative estimate of drug-likeness (QED) is 0.195. The molecule has 0 spiro atoms. The third-order valence-electron chi connectivity index (χ3n) is 9.01. The van der Waals surface area contributed by atoms with Crippen LogP contribution in [0.15, 0.2) is 158 Å². The fourth-order valence-corrected chi connectivity index (χ4v) is 10.2. The van der Waals surface area contributed by atoms with Crippen LogP contribution in [0.3, 0.4) is 0 Å². The van der Waals surface area contributed by atoms with E-state index in [2.05, 4.69) is 126 Å². The van der Waals surface area contributed by atoms with Crippen molar-refractivity contribution in [3.63, 3.8) is 0 Å². The molecule has 2 heterocycles. The van der Waals surface area contributed by atoms with Crippen LogP contribution in [0.2, 0.25) is 0 Å². The number of hydrogen-bond donors (Lipinski definition) is 0. The number of aromatic nitrogens is 1. The minimum Gasteiger partial charge on any atom is -0.309 e. The zero-order valence-electron chi connectivity index (χ0n) is 23.3. The first-order valence-corrected chi connectivity index (χ1v) is 16.3. The molecule has 1 aliphatic rings. The topological polar surface area (TPSA) is 22.0 Å². The van der Waals surface area contributed by atoms with Crippen LogP contribution in [-0.4, -0.2) is 4.57 Å². The fraction of sp³-hybridized carbons (Fsp3) is 0. The molecule has 3 heteroatoms. The number of fused-ring (bicyclic) bond motifs is 8. The van der Waals surface area contributed by atoms with Gasteiger partial charge in [-0.05, 0) is 51.7 Å². The lowest BCUT2D eigenvalue weighted by molar-refractivity contribution is 0.593. The monoisotopic (exact) mass is 567 g/mol. The van der Waals surface area contributed by atoms with Crippen molar-refractivity contribution in [1.29, 1.82) is 0 Å².